The highest BCUT2D eigenvalue weighted by atomic mass is 79.9. The summed E-state index contributed by atoms with van der Waals surface area (Å²) in [5.74, 6) is 0. The molecule has 0 aliphatic carbocycles. The zero-order valence-corrected chi connectivity index (χ0v) is 13.8. The minimum Gasteiger partial charge on any atom is -0.326 e. The van der Waals surface area contributed by atoms with Gasteiger partial charge in [-0.25, -0.2) is 0 Å². The van der Waals surface area contributed by atoms with Gasteiger partial charge in [-0.3, -0.25) is 4.90 Å². The lowest BCUT2D eigenvalue weighted by Gasteiger charge is -2.43. The molecule has 0 spiro atoms. The first-order chi connectivity index (χ1) is 8.89. The van der Waals surface area contributed by atoms with E-state index < -0.39 is 0 Å². The van der Waals surface area contributed by atoms with Crippen molar-refractivity contribution in [3.8, 4) is 0 Å². The molecule has 1 aliphatic rings. The van der Waals surface area contributed by atoms with E-state index in [1.54, 1.807) is 0 Å². The highest BCUT2D eigenvalue weighted by Gasteiger charge is 2.32. The molecule has 2 nitrogen and oxygen atoms in total. The fourth-order valence-corrected chi connectivity index (χ4v) is 3.66. The van der Waals surface area contributed by atoms with E-state index in [4.69, 9.17) is 5.73 Å². The first-order valence-electron chi connectivity index (χ1n) is 7.14. The Morgan fingerprint density at radius 1 is 1.37 bits per heavy atom. The number of hydrogen-bond donors (Lipinski definition) is 1. The van der Waals surface area contributed by atoms with Crippen molar-refractivity contribution in [1.29, 1.82) is 0 Å². The maximum atomic E-state index is 6.28. The van der Waals surface area contributed by atoms with Crippen LogP contribution in [0.4, 0.5) is 0 Å². The van der Waals surface area contributed by atoms with Crippen molar-refractivity contribution in [2.24, 2.45) is 11.1 Å². The number of nitrogens with two attached hydrogens (primary N) is 1. The van der Waals surface area contributed by atoms with Gasteiger partial charge >= 0.3 is 0 Å². The molecule has 0 aromatic heterocycles. The summed E-state index contributed by atoms with van der Waals surface area (Å²) in [5, 5.41) is 0. The molecule has 1 aromatic rings. The Morgan fingerprint density at radius 3 is 2.68 bits per heavy atom. The zero-order chi connectivity index (χ0) is 14.0. The van der Waals surface area contributed by atoms with E-state index in [0.29, 0.717) is 11.5 Å². The summed E-state index contributed by atoms with van der Waals surface area (Å²) in [6.07, 6.45) is 2.58. The summed E-state index contributed by atoms with van der Waals surface area (Å²) >= 11 is 3.57. The van der Waals surface area contributed by atoms with Crippen LogP contribution < -0.4 is 5.73 Å². The summed E-state index contributed by atoms with van der Waals surface area (Å²) in [6, 6.07) is 9.03. The van der Waals surface area contributed by atoms with E-state index >= 15 is 0 Å². The molecule has 1 aliphatic heterocycles. The van der Waals surface area contributed by atoms with Crippen LogP contribution in [0, 0.1) is 5.41 Å². The number of halogens is 1. The Morgan fingerprint density at radius 2 is 2.11 bits per heavy atom. The molecular weight excluding hydrogens is 300 g/mol. The van der Waals surface area contributed by atoms with Gasteiger partial charge in [0.1, 0.15) is 0 Å². The molecule has 106 valence electrons. The van der Waals surface area contributed by atoms with Crippen LogP contribution in [-0.2, 0) is 0 Å². The normalized spacial score (nSPS) is 23.0. The van der Waals surface area contributed by atoms with Crippen LogP contribution >= 0.6 is 15.9 Å². The van der Waals surface area contributed by atoms with Crippen molar-refractivity contribution in [2.75, 3.05) is 13.1 Å². The Balaban J connectivity index is 2.25. The lowest BCUT2D eigenvalue weighted by atomic mass is 9.82. The van der Waals surface area contributed by atoms with E-state index in [1.807, 2.05) is 0 Å². The van der Waals surface area contributed by atoms with Gasteiger partial charge in [-0.1, -0.05) is 41.9 Å². The summed E-state index contributed by atoms with van der Waals surface area (Å²) in [4.78, 5) is 2.57. The molecule has 2 atom stereocenters. The molecular formula is C16H25BrN2. The Kier molecular flexibility index (Phi) is 4.70. The highest BCUT2D eigenvalue weighted by molar-refractivity contribution is 9.10. The summed E-state index contributed by atoms with van der Waals surface area (Å²) in [7, 11) is 0. The van der Waals surface area contributed by atoms with Crippen molar-refractivity contribution in [1.82, 2.24) is 4.90 Å². The molecule has 2 rings (SSSR count). The van der Waals surface area contributed by atoms with Gasteiger partial charge in [0.25, 0.3) is 0 Å². The van der Waals surface area contributed by atoms with Gasteiger partial charge in [0.2, 0.25) is 0 Å². The maximum Gasteiger partial charge on any atom is 0.0497 e. The molecule has 2 unspecified atom stereocenters. The van der Waals surface area contributed by atoms with Crippen molar-refractivity contribution >= 4 is 15.9 Å². The zero-order valence-electron chi connectivity index (χ0n) is 12.2. The van der Waals surface area contributed by atoms with Crippen molar-refractivity contribution in [2.45, 2.75) is 45.7 Å². The monoisotopic (exact) mass is 324 g/mol. The Labute approximate surface area is 125 Å². The SMILES string of the molecule is CC(N)C(c1cccc(Br)c1)N1CCCC(C)(C)C1. The molecule has 1 fully saturated rings. The van der Waals surface area contributed by atoms with Gasteiger partial charge in [-0.2, -0.15) is 0 Å². The van der Waals surface area contributed by atoms with Crippen LogP contribution in [-0.4, -0.2) is 24.0 Å². The summed E-state index contributed by atoms with van der Waals surface area (Å²) in [6.45, 7) is 9.12. The fourth-order valence-electron chi connectivity index (χ4n) is 3.24. The van der Waals surface area contributed by atoms with Gasteiger partial charge in [0.05, 0.1) is 0 Å². The van der Waals surface area contributed by atoms with Crippen LogP contribution in [0.3, 0.4) is 0 Å². The quantitative estimate of drug-likeness (QED) is 0.911. The highest BCUT2D eigenvalue weighted by Crippen LogP contribution is 2.35. The topological polar surface area (TPSA) is 29.3 Å². The van der Waals surface area contributed by atoms with E-state index in [1.165, 1.54) is 18.4 Å². The third-order valence-corrected chi connectivity index (χ3v) is 4.50. The van der Waals surface area contributed by atoms with Gasteiger partial charge in [0, 0.05) is 23.1 Å². The second-order valence-corrected chi connectivity index (χ2v) is 7.51. The molecule has 2 N–H and O–H groups in total. The smallest absolute Gasteiger partial charge is 0.0497 e. The number of likely N-dealkylation sites (tertiary alicyclic amines) is 1. The van der Waals surface area contributed by atoms with E-state index in [-0.39, 0.29) is 6.04 Å². The van der Waals surface area contributed by atoms with Crippen LogP contribution in [0.5, 0.6) is 0 Å². The number of rotatable bonds is 3. The average molecular weight is 325 g/mol. The van der Waals surface area contributed by atoms with E-state index in [0.717, 1.165) is 17.6 Å². The predicted molar refractivity (Wildman–Crippen MR) is 85.1 cm³/mol. The van der Waals surface area contributed by atoms with Gasteiger partial charge in [-0.15, -0.1) is 0 Å². The number of benzene rings is 1. The third-order valence-electron chi connectivity index (χ3n) is 4.01. The van der Waals surface area contributed by atoms with E-state index in [2.05, 4.69) is 65.9 Å². The summed E-state index contributed by atoms with van der Waals surface area (Å²) < 4.78 is 1.13. The standard InChI is InChI=1S/C16H25BrN2/c1-12(18)15(13-6-4-7-14(17)10-13)19-9-5-8-16(2,3)11-19/h4,6-7,10,12,15H,5,8-9,11,18H2,1-3H3. The molecule has 0 bridgehead atoms. The molecule has 0 amide bonds. The lowest BCUT2D eigenvalue weighted by molar-refractivity contribution is 0.0688. The Hall–Kier alpha value is -0.380. The molecule has 3 heteroatoms. The van der Waals surface area contributed by atoms with Gasteiger partial charge in [-0.05, 0) is 49.4 Å². The van der Waals surface area contributed by atoms with Crippen molar-refractivity contribution in [3.63, 3.8) is 0 Å². The number of nitrogens with zero attached hydrogens (tertiary/aromatic N) is 1. The Bertz CT molecular complexity index is 429. The van der Waals surface area contributed by atoms with Crippen molar-refractivity contribution in [3.05, 3.63) is 34.3 Å². The molecule has 19 heavy (non-hydrogen) atoms. The lowest BCUT2D eigenvalue weighted by Crippen LogP contribution is -2.47. The molecule has 0 radical (unpaired) electrons. The first kappa shape index (κ1) is 15.0. The number of piperidine rings is 1. The van der Waals surface area contributed by atoms with E-state index in [9.17, 15) is 0 Å². The molecule has 1 saturated heterocycles. The third kappa shape index (κ3) is 3.80. The average Bonchev–Trinajstić information content (AvgIpc) is 2.27. The predicted octanol–water partition coefficient (Wildman–Crippen LogP) is 3.96. The second kappa shape index (κ2) is 5.94. The van der Waals surface area contributed by atoms with Gasteiger partial charge < -0.3 is 5.73 Å². The molecule has 1 heterocycles. The van der Waals surface area contributed by atoms with Crippen LogP contribution in [0.2, 0.25) is 0 Å². The first-order valence-corrected chi connectivity index (χ1v) is 7.93. The van der Waals surface area contributed by atoms with Crippen molar-refractivity contribution < 1.29 is 0 Å². The minimum absolute atomic E-state index is 0.142. The van der Waals surface area contributed by atoms with Crippen LogP contribution in [0.15, 0.2) is 28.7 Å². The fraction of sp³-hybridized carbons (Fsp3) is 0.625. The van der Waals surface area contributed by atoms with Crippen LogP contribution in [0.25, 0.3) is 0 Å². The maximum absolute atomic E-state index is 6.28. The minimum atomic E-state index is 0.142. The van der Waals surface area contributed by atoms with Gasteiger partial charge in [0.15, 0.2) is 0 Å². The summed E-state index contributed by atoms with van der Waals surface area (Å²) in [5.41, 5.74) is 8.00. The largest absolute Gasteiger partial charge is 0.326 e. The van der Waals surface area contributed by atoms with Crippen LogP contribution in [0.1, 0.15) is 45.2 Å². The molecule has 0 saturated carbocycles. The number of hydrogen-bond acceptors (Lipinski definition) is 2. The second-order valence-electron chi connectivity index (χ2n) is 6.60. The molecule has 1 aromatic carbocycles.